The van der Waals surface area contributed by atoms with Crippen LogP contribution in [0, 0.1) is 0 Å². The van der Waals surface area contributed by atoms with Crippen molar-refractivity contribution < 1.29 is 9.47 Å². The fourth-order valence-corrected chi connectivity index (χ4v) is 3.45. The van der Waals surface area contributed by atoms with Gasteiger partial charge in [-0.05, 0) is 43.7 Å². The summed E-state index contributed by atoms with van der Waals surface area (Å²) in [7, 11) is 1.82. The van der Waals surface area contributed by atoms with Gasteiger partial charge in [0.15, 0.2) is 5.96 Å². The van der Waals surface area contributed by atoms with E-state index in [2.05, 4.69) is 46.1 Å². The van der Waals surface area contributed by atoms with Gasteiger partial charge in [-0.2, -0.15) is 11.8 Å². The molecule has 0 bridgehead atoms. The maximum Gasteiger partial charge on any atom is 0.191 e. The third-order valence-electron chi connectivity index (χ3n) is 4.64. The van der Waals surface area contributed by atoms with E-state index >= 15 is 0 Å². The van der Waals surface area contributed by atoms with Crippen LogP contribution in [-0.2, 0) is 10.2 Å². The van der Waals surface area contributed by atoms with Gasteiger partial charge in [0.2, 0.25) is 0 Å². The molecule has 7 heteroatoms. The smallest absolute Gasteiger partial charge is 0.191 e. The summed E-state index contributed by atoms with van der Waals surface area (Å²) in [5.74, 6) is 2.86. The second-order valence-corrected chi connectivity index (χ2v) is 7.18. The lowest BCUT2D eigenvalue weighted by molar-refractivity contribution is 0.0513. The van der Waals surface area contributed by atoms with Gasteiger partial charge < -0.3 is 20.1 Å². The first-order valence-electron chi connectivity index (χ1n) is 8.98. The van der Waals surface area contributed by atoms with E-state index in [0.717, 1.165) is 56.6 Å². The highest BCUT2D eigenvalue weighted by Gasteiger charge is 2.34. The number of thioether (sulfide) groups is 1. The van der Waals surface area contributed by atoms with E-state index in [4.69, 9.17) is 9.47 Å². The van der Waals surface area contributed by atoms with Crippen molar-refractivity contribution in [3.63, 3.8) is 0 Å². The van der Waals surface area contributed by atoms with Crippen molar-refractivity contribution in [1.29, 1.82) is 0 Å². The minimum Gasteiger partial charge on any atom is -0.494 e. The Morgan fingerprint density at radius 3 is 2.50 bits per heavy atom. The molecule has 1 aromatic carbocycles. The molecule has 1 heterocycles. The highest BCUT2D eigenvalue weighted by molar-refractivity contribution is 14.0. The van der Waals surface area contributed by atoms with Gasteiger partial charge in [-0.25, -0.2) is 0 Å². The Bertz CT molecular complexity index is 534. The van der Waals surface area contributed by atoms with Crippen molar-refractivity contribution >= 4 is 41.7 Å². The van der Waals surface area contributed by atoms with Gasteiger partial charge in [-0.15, -0.1) is 24.0 Å². The van der Waals surface area contributed by atoms with Gasteiger partial charge in [0.05, 0.1) is 6.61 Å². The highest BCUT2D eigenvalue weighted by atomic mass is 127. The van der Waals surface area contributed by atoms with Crippen LogP contribution in [-0.4, -0.2) is 57.9 Å². The number of nitrogens with one attached hydrogen (secondary N) is 2. The maximum atomic E-state index is 5.62. The van der Waals surface area contributed by atoms with E-state index in [0.29, 0.717) is 6.61 Å². The number of hydrogen-bond acceptors (Lipinski definition) is 4. The van der Waals surface area contributed by atoms with Crippen molar-refractivity contribution in [1.82, 2.24) is 10.6 Å². The van der Waals surface area contributed by atoms with E-state index in [1.165, 1.54) is 5.56 Å². The summed E-state index contributed by atoms with van der Waals surface area (Å²) in [5.41, 5.74) is 1.41. The van der Waals surface area contributed by atoms with Crippen LogP contribution in [0.5, 0.6) is 5.75 Å². The van der Waals surface area contributed by atoms with Crippen molar-refractivity contribution in [2.24, 2.45) is 4.99 Å². The maximum absolute atomic E-state index is 5.62. The molecule has 0 radical (unpaired) electrons. The van der Waals surface area contributed by atoms with Gasteiger partial charge in [-0.1, -0.05) is 12.1 Å². The standard InChI is InChI=1S/C19H31N3O2S.HI/c1-4-24-17-7-5-16(6-8-17)19(9-12-23-13-10-19)15-22-18(20-2)21-11-14-25-3;/h5-8H,4,9-15H2,1-3H3,(H2,20,21,22);1H. The van der Waals surface area contributed by atoms with Crippen molar-refractivity contribution in [2.75, 3.05) is 52.0 Å². The third-order valence-corrected chi connectivity index (χ3v) is 5.26. The van der Waals surface area contributed by atoms with Gasteiger partial charge in [-0.3, -0.25) is 4.99 Å². The van der Waals surface area contributed by atoms with Crippen LogP contribution >= 0.6 is 35.7 Å². The molecule has 0 spiro atoms. The fourth-order valence-electron chi connectivity index (χ4n) is 3.15. The molecular formula is C19H32IN3O2S. The predicted octanol–water partition coefficient (Wildman–Crippen LogP) is 3.28. The zero-order chi connectivity index (χ0) is 18.0. The van der Waals surface area contributed by atoms with Crippen LogP contribution in [0.2, 0.25) is 0 Å². The number of guanidine groups is 1. The second kappa shape index (κ2) is 12.7. The quantitative estimate of drug-likeness (QED) is 0.252. The Morgan fingerprint density at radius 1 is 1.23 bits per heavy atom. The molecule has 0 aliphatic carbocycles. The Labute approximate surface area is 179 Å². The molecule has 0 aromatic heterocycles. The van der Waals surface area contributed by atoms with Crippen LogP contribution in [0.25, 0.3) is 0 Å². The summed E-state index contributed by atoms with van der Waals surface area (Å²) in [5, 5.41) is 6.89. The summed E-state index contributed by atoms with van der Waals surface area (Å²) in [6.07, 6.45) is 4.13. The molecular weight excluding hydrogens is 461 g/mol. The molecule has 0 saturated carbocycles. The average molecular weight is 493 g/mol. The van der Waals surface area contributed by atoms with Crippen LogP contribution in [0.4, 0.5) is 0 Å². The molecule has 1 aliphatic heterocycles. The Morgan fingerprint density at radius 2 is 1.92 bits per heavy atom. The van der Waals surface area contributed by atoms with E-state index in [-0.39, 0.29) is 29.4 Å². The molecule has 1 fully saturated rings. The monoisotopic (exact) mass is 493 g/mol. The SMILES string of the molecule is CCOc1ccc(C2(CNC(=NC)NCCSC)CCOCC2)cc1.I. The molecule has 148 valence electrons. The molecule has 0 unspecified atom stereocenters. The van der Waals surface area contributed by atoms with Crippen LogP contribution < -0.4 is 15.4 Å². The molecule has 0 atom stereocenters. The lowest BCUT2D eigenvalue weighted by Crippen LogP contribution is -2.48. The largest absolute Gasteiger partial charge is 0.494 e. The van der Waals surface area contributed by atoms with E-state index in [9.17, 15) is 0 Å². The zero-order valence-corrected chi connectivity index (χ0v) is 19.2. The number of halogens is 1. The van der Waals surface area contributed by atoms with Crippen molar-refractivity contribution in [3.8, 4) is 5.75 Å². The average Bonchev–Trinajstić information content (AvgIpc) is 2.66. The zero-order valence-electron chi connectivity index (χ0n) is 16.0. The van der Waals surface area contributed by atoms with E-state index < -0.39 is 0 Å². The normalized spacial score (nSPS) is 16.5. The van der Waals surface area contributed by atoms with Crippen molar-refractivity contribution in [3.05, 3.63) is 29.8 Å². The second-order valence-electron chi connectivity index (χ2n) is 6.20. The lowest BCUT2D eigenvalue weighted by atomic mass is 9.74. The minimum atomic E-state index is 0. The van der Waals surface area contributed by atoms with Gasteiger partial charge in [0.25, 0.3) is 0 Å². The summed E-state index contributed by atoms with van der Waals surface area (Å²) in [6.45, 7) is 6.06. The first-order valence-corrected chi connectivity index (χ1v) is 10.4. The highest BCUT2D eigenvalue weighted by Crippen LogP contribution is 2.35. The van der Waals surface area contributed by atoms with Crippen LogP contribution in [0.3, 0.4) is 0 Å². The molecule has 1 aromatic rings. The number of nitrogens with zero attached hydrogens (tertiary/aromatic N) is 1. The van der Waals surface area contributed by atoms with E-state index in [1.807, 2.05) is 25.7 Å². The molecule has 1 aliphatic rings. The first kappa shape index (κ1) is 23.4. The van der Waals surface area contributed by atoms with Crippen LogP contribution in [0.1, 0.15) is 25.3 Å². The van der Waals surface area contributed by atoms with E-state index in [1.54, 1.807) is 0 Å². The predicted molar refractivity (Wildman–Crippen MR) is 123 cm³/mol. The summed E-state index contributed by atoms with van der Waals surface area (Å²) >= 11 is 1.83. The lowest BCUT2D eigenvalue weighted by Gasteiger charge is -2.38. The number of benzene rings is 1. The number of hydrogen-bond donors (Lipinski definition) is 2. The number of aliphatic imine (C=N–C) groups is 1. The minimum absolute atomic E-state index is 0. The third kappa shape index (κ3) is 6.81. The molecule has 2 N–H and O–H groups in total. The van der Waals surface area contributed by atoms with Crippen molar-refractivity contribution in [2.45, 2.75) is 25.2 Å². The van der Waals surface area contributed by atoms with Gasteiger partial charge in [0, 0.05) is 44.5 Å². The summed E-state index contributed by atoms with van der Waals surface area (Å²) in [4.78, 5) is 4.34. The Hall–Kier alpha value is -0.670. The first-order chi connectivity index (χ1) is 12.2. The number of rotatable bonds is 8. The van der Waals surface area contributed by atoms with Crippen LogP contribution in [0.15, 0.2) is 29.3 Å². The molecule has 1 saturated heterocycles. The fraction of sp³-hybridized carbons (Fsp3) is 0.632. The van der Waals surface area contributed by atoms with Gasteiger partial charge >= 0.3 is 0 Å². The molecule has 2 rings (SSSR count). The Kier molecular flexibility index (Phi) is 11.4. The van der Waals surface area contributed by atoms with Gasteiger partial charge in [0.1, 0.15) is 5.75 Å². The summed E-state index contributed by atoms with van der Waals surface area (Å²) in [6, 6.07) is 8.53. The molecule has 0 amide bonds. The molecule has 26 heavy (non-hydrogen) atoms. The summed E-state index contributed by atoms with van der Waals surface area (Å²) < 4.78 is 11.2. The Balaban J connectivity index is 0.00000338. The number of ether oxygens (including phenoxy) is 2. The molecule has 5 nitrogen and oxygen atoms in total. The topological polar surface area (TPSA) is 54.9 Å².